The largest absolute Gasteiger partial charge is 0.496 e. The normalized spacial score (nSPS) is 13.6. The zero-order valence-electron chi connectivity index (χ0n) is 18.4. The SMILES string of the molecule is COc1ccccc1C1=C(Nc2cc(C)cc(C)c2)C(=O)N(c2ccccc2OC)C1=O. The molecule has 1 aliphatic rings. The van der Waals surface area contributed by atoms with Crippen LogP contribution in [0.15, 0.2) is 72.4 Å². The highest BCUT2D eigenvalue weighted by Crippen LogP contribution is 2.40. The fraction of sp³-hybridized carbons (Fsp3) is 0.154. The molecule has 32 heavy (non-hydrogen) atoms. The molecule has 0 atom stereocenters. The van der Waals surface area contributed by atoms with Gasteiger partial charge in [-0.2, -0.15) is 0 Å². The van der Waals surface area contributed by atoms with Crippen LogP contribution >= 0.6 is 0 Å². The van der Waals surface area contributed by atoms with E-state index in [1.165, 1.54) is 14.2 Å². The number of methoxy groups -OCH3 is 2. The molecule has 3 aromatic carbocycles. The molecule has 0 spiro atoms. The van der Waals surface area contributed by atoms with Crippen molar-refractivity contribution in [3.05, 3.63) is 89.1 Å². The zero-order chi connectivity index (χ0) is 22.8. The summed E-state index contributed by atoms with van der Waals surface area (Å²) in [5.41, 5.74) is 4.18. The first-order valence-electron chi connectivity index (χ1n) is 10.2. The van der Waals surface area contributed by atoms with Gasteiger partial charge in [-0.25, -0.2) is 4.90 Å². The van der Waals surface area contributed by atoms with Gasteiger partial charge in [0.1, 0.15) is 17.2 Å². The minimum absolute atomic E-state index is 0.190. The molecule has 0 fully saturated rings. The Balaban J connectivity index is 1.90. The number of imide groups is 1. The molecule has 0 bridgehead atoms. The fourth-order valence-corrected chi connectivity index (χ4v) is 3.97. The molecule has 0 aromatic heterocycles. The van der Waals surface area contributed by atoms with Crippen molar-refractivity contribution in [2.75, 3.05) is 24.4 Å². The lowest BCUT2D eigenvalue weighted by Gasteiger charge is -2.18. The van der Waals surface area contributed by atoms with Crippen LogP contribution in [0.25, 0.3) is 5.57 Å². The first-order chi connectivity index (χ1) is 15.4. The van der Waals surface area contributed by atoms with Crippen molar-refractivity contribution in [3.63, 3.8) is 0 Å². The second kappa shape index (κ2) is 8.59. The van der Waals surface area contributed by atoms with Gasteiger partial charge >= 0.3 is 0 Å². The predicted octanol–water partition coefficient (Wildman–Crippen LogP) is 4.72. The molecule has 1 aliphatic heterocycles. The first-order valence-corrected chi connectivity index (χ1v) is 10.2. The maximum atomic E-state index is 13.7. The van der Waals surface area contributed by atoms with Crippen molar-refractivity contribution in [3.8, 4) is 11.5 Å². The summed E-state index contributed by atoms with van der Waals surface area (Å²) < 4.78 is 10.9. The quantitative estimate of drug-likeness (QED) is 0.576. The lowest BCUT2D eigenvalue weighted by Crippen LogP contribution is -2.32. The van der Waals surface area contributed by atoms with Gasteiger partial charge in [-0.1, -0.05) is 36.4 Å². The highest BCUT2D eigenvalue weighted by Gasteiger charge is 2.42. The van der Waals surface area contributed by atoms with E-state index in [2.05, 4.69) is 5.32 Å². The number of nitrogens with zero attached hydrogens (tertiary/aromatic N) is 1. The Morgan fingerprint density at radius 2 is 1.34 bits per heavy atom. The molecule has 2 amide bonds. The van der Waals surface area contributed by atoms with Gasteiger partial charge in [0.15, 0.2) is 0 Å². The Morgan fingerprint density at radius 3 is 2.00 bits per heavy atom. The number of ether oxygens (including phenoxy) is 2. The number of amides is 2. The molecule has 0 saturated heterocycles. The number of para-hydroxylation sites is 3. The van der Waals surface area contributed by atoms with Crippen molar-refractivity contribution >= 4 is 28.8 Å². The third-order valence-corrected chi connectivity index (χ3v) is 5.28. The van der Waals surface area contributed by atoms with E-state index in [4.69, 9.17) is 9.47 Å². The van der Waals surface area contributed by atoms with Gasteiger partial charge in [0.05, 0.1) is 25.5 Å². The zero-order valence-corrected chi connectivity index (χ0v) is 18.4. The second-order valence-corrected chi connectivity index (χ2v) is 7.57. The summed E-state index contributed by atoms with van der Waals surface area (Å²) >= 11 is 0. The molecule has 6 nitrogen and oxygen atoms in total. The van der Waals surface area contributed by atoms with Crippen LogP contribution < -0.4 is 19.7 Å². The molecule has 3 aromatic rings. The van der Waals surface area contributed by atoms with Crippen LogP contribution in [0, 0.1) is 13.8 Å². The molecule has 0 aliphatic carbocycles. The number of benzene rings is 3. The van der Waals surface area contributed by atoms with Crippen molar-refractivity contribution < 1.29 is 19.1 Å². The monoisotopic (exact) mass is 428 g/mol. The minimum Gasteiger partial charge on any atom is -0.496 e. The van der Waals surface area contributed by atoms with E-state index >= 15 is 0 Å². The number of carbonyl (C=O) groups is 2. The Hall–Kier alpha value is -4.06. The summed E-state index contributed by atoms with van der Waals surface area (Å²) in [4.78, 5) is 28.5. The van der Waals surface area contributed by atoms with Crippen LogP contribution in [0.4, 0.5) is 11.4 Å². The summed E-state index contributed by atoms with van der Waals surface area (Å²) in [7, 11) is 3.04. The van der Waals surface area contributed by atoms with Gasteiger partial charge in [-0.15, -0.1) is 0 Å². The molecule has 1 N–H and O–H groups in total. The van der Waals surface area contributed by atoms with Gasteiger partial charge in [0.2, 0.25) is 0 Å². The standard InChI is InChI=1S/C26H24N2O4/c1-16-13-17(2)15-18(14-16)27-24-23(19-9-5-7-11-21(19)31-3)25(29)28(26(24)30)20-10-6-8-12-22(20)32-4/h5-15,27H,1-4H3. The van der Waals surface area contributed by atoms with Crippen LogP contribution in [0.5, 0.6) is 11.5 Å². The number of nitrogens with one attached hydrogen (secondary N) is 1. The Morgan fingerprint density at radius 1 is 0.750 bits per heavy atom. The van der Waals surface area contributed by atoms with Crippen LogP contribution in [0.1, 0.15) is 16.7 Å². The molecular weight excluding hydrogens is 404 g/mol. The van der Waals surface area contributed by atoms with E-state index in [1.54, 1.807) is 36.4 Å². The summed E-state index contributed by atoms with van der Waals surface area (Å²) in [5.74, 6) is 0.0296. The van der Waals surface area contributed by atoms with Gasteiger partial charge in [0, 0.05) is 11.3 Å². The van der Waals surface area contributed by atoms with E-state index in [-0.39, 0.29) is 11.3 Å². The smallest absolute Gasteiger partial charge is 0.282 e. The van der Waals surface area contributed by atoms with E-state index in [1.807, 2.05) is 44.2 Å². The van der Waals surface area contributed by atoms with Crippen LogP contribution in [-0.4, -0.2) is 26.0 Å². The minimum atomic E-state index is -0.459. The van der Waals surface area contributed by atoms with Gasteiger partial charge in [-0.3, -0.25) is 9.59 Å². The number of hydrogen-bond acceptors (Lipinski definition) is 5. The highest BCUT2D eigenvalue weighted by atomic mass is 16.5. The lowest BCUT2D eigenvalue weighted by molar-refractivity contribution is -0.120. The Labute approximate surface area is 187 Å². The Kier molecular flexibility index (Phi) is 5.69. The average molecular weight is 428 g/mol. The summed E-state index contributed by atoms with van der Waals surface area (Å²) in [6, 6.07) is 20.0. The molecule has 1 heterocycles. The van der Waals surface area contributed by atoms with Crippen molar-refractivity contribution in [2.24, 2.45) is 0 Å². The van der Waals surface area contributed by atoms with E-state index in [9.17, 15) is 9.59 Å². The molecule has 0 radical (unpaired) electrons. The van der Waals surface area contributed by atoms with Crippen molar-refractivity contribution in [2.45, 2.75) is 13.8 Å². The summed E-state index contributed by atoms with van der Waals surface area (Å²) in [6.45, 7) is 3.97. The van der Waals surface area contributed by atoms with E-state index in [0.717, 1.165) is 21.7 Å². The molecule has 4 rings (SSSR count). The number of rotatable bonds is 6. The number of aryl methyl sites for hydroxylation is 2. The fourth-order valence-electron chi connectivity index (χ4n) is 3.97. The van der Waals surface area contributed by atoms with Gasteiger partial charge < -0.3 is 14.8 Å². The van der Waals surface area contributed by atoms with E-state index in [0.29, 0.717) is 22.7 Å². The van der Waals surface area contributed by atoms with Crippen LogP contribution in [0.3, 0.4) is 0 Å². The molecular formula is C26H24N2O4. The highest BCUT2D eigenvalue weighted by molar-refractivity contribution is 6.46. The van der Waals surface area contributed by atoms with Crippen LogP contribution in [-0.2, 0) is 9.59 Å². The van der Waals surface area contributed by atoms with Crippen LogP contribution in [0.2, 0.25) is 0 Å². The summed E-state index contributed by atoms with van der Waals surface area (Å²) in [6.07, 6.45) is 0. The maximum absolute atomic E-state index is 13.7. The Bertz CT molecular complexity index is 1230. The molecule has 162 valence electrons. The maximum Gasteiger partial charge on any atom is 0.282 e. The van der Waals surface area contributed by atoms with Crippen molar-refractivity contribution in [1.82, 2.24) is 0 Å². The second-order valence-electron chi connectivity index (χ2n) is 7.57. The topological polar surface area (TPSA) is 67.9 Å². The van der Waals surface area contributed by atoms with Gasteiger partial charge in [-0.05, 0) is 55.3 Å². The first kappa shape index (κ1) is 21.2. The number of anilines is 2. The van der Waals surface area contributed by atoms with Crippen molar-refractivity contribution in [1.29, 1.82) is 0 Å². The molecule has 6 heteroatoms. The molecule has 0 unspecified atom stereocenters. The summed E-state index contributed by atoms with van der Waals surface area (Å²) in [5, 5.41) is 3.21. The lowest BCUT2D eigenvalue weighted by atomic mass is 10.0. The van der Waals surface area contributed by atoms with E-state index < -0.39 is 11.8 Å². The average Bonchev–Trinajstić information content (AvgIpc) is 3.02. The third kappa shape index (κ3) is 3.71. The number of carbonyl (C=O) groups excluding carboxylic acids is 2. The van der Waals surface area contributed by atoms with Gasteiger partial charge in [0.25, 0.3) is 11.8 Å². The number of hydrogen-bond donors (Lipinski definition) is 1. The third-order valence-electron chi connectivity index (χ3n) is 5.28. The predicted molar refractivity (Wildman–Crippen MR) is 125 cm³/mol. The molecule has 0 saturated carbocycles.